The van der Waals surface area contributed by atoms with Gasteiger partial charge in [-0.15, -0.1) is 0 Å². The Morgan fingerprint density at radius 1 is 1.40 bits per heavy atom. The second-order valence-corrected chi connectivity index (χ2v) is 6.07. The molecule has 0 bridgehead atoms. The van der Waals surface area contributed by atoms with Gasteiger partial charge < -0.3 is 15.5 Å². The van der Waals surface area contributed by atoms with Crippen LogP contribution in [0.15, 0.2) is 4.99 Å². The first kappa shape index (κ1) is 15.1. The minimum Gasteiger partial charge on any atom is -0.352 e. The Kier molecular flexibility index (Phi) is 4.86. The minimum absolute atomic E-state index is 0.0485. The first-order valence-electron chi connectivity index (χ1n) is 7.44. The van der Waals surface area contributed by atoms with Crippen molar-refractivity contribution in [3.05, 3.63) is 0 Å². The summed E-state index contributed by atoms with van der Waals surface area (Å²) in [5.41, 5.74) is 0. The van der Waals surface area contributed by atoms with Crippen LogP contribution in [0.25, 0.3) is 0 Å². The van der Waals surface area contributed by atoms with Crippen molar-refractivity contribution in [3.8, 4) is 0 Å². The Balaban J connectivity index is 1.77. The van der Waals surface area contributed by atoms with Crippen molar-refractivity contribution in [1.82, 2.24) is 20.4 Å². The van der Waals surface area contributed by atoms with Gasteiger partial charge in [0.05, 0.1) is 6.54 Å². The highest BCUT2D eigenvalue weighted by atomic mass is 16.2. The molecule has 0 spiro atoms. The number of carbonyl (C=O) groups excluding carboxylic acids is 1. The summed E-state index contributed by atoms with van der Waals surface area (Å²) in [6.45, 7) is 3.65. The van der Waals surface area contributed by atoms with Gasteiger partial charge in [-0.05, 0) is 26.2 Å². The molecule has 6 nitrogen and oxygen atoms in total. The van der Waals surface area contributed by atoms with Gasteiger partial charge in [-0.2, -0.15) is 0 Å². The highest BCUT2D eigenvalue weighted by Gasteiger charge is 2.38. The standard InChI is InChI=1S/C14H27N5O/c1-10-7-11(9-19(10)12-5-6-12)17-14(15-2)16-8-13(20)18(3)4/h10-12H,5-9H2,1-4H3,(H2,15,16,17). The lowest BCUT2D eigenvalue weighted by Gasteiger charge is -2.20. The van der Waals surface area contributed by atoms with Gasteiger partial charge in [0.15, 0.2) is 5.96 Å². The molecule has 2 atom stereocenters. The monoisotopic (exact) mass is 281 g/mol. The number of nitrogens with one attached hydrogen (secondary N) is 2. The normalized spacial score (nSPS) is 27.5. The number of guanidine groups is 1. The summed E-state index contributed by atoms with van der Waals surface area (Å²) in [6.07, 6.45) is 3.83. The number of hydrogen-bond donors (Lipinski definition) is 2. The van der Waals surface area contributed by atoms with E-state index in [2.05, 4.69) is 27.4 Å². The second-order valence-electron chi connectivity index (χ2n) is 6.07. The van der Waals surface area contributed by atoms with E-state index in [1.165, 1.54) is 12.8 Å². The highest BCUT2D eigenvalue weighted by molar-refractivity contribution is 5.86. The molecule has 1 heterocycles. The SMILES string of the molecule is CN=C(NCC(=O)N(C)C)NC1CC(C)N(C2CC2)C1. The number of likely N-dealkylation sites (N-methyl/N-ethyl adjacent to an activating group) is 1. The van der Waals surface area contributed by atoms with Crippen molar-refractivity contribution in [2.45, 2.75) is 44.3 Å². The fourth-order valence-corrected chi connectivity index (χ4v) is 2.78. The summed E-state index contributed by atoms with van der Waals surface area (Å²) in [7, 11) is 5.26. The van der Waals surface area contributed by atoms with E-state index in [1.807, 2.05) is 0 Å². The van der Waals surface area contributed by atoms with Gasteiger partial charge in [-0.3, -0.25) is 14.7 Å². The maximum Gasteiger partial charge on any atom is 0.241 e. The van der Waals surface area contributed by atoms with Gasteiger partial charge in [-0.1, -0.05) is 0 Å². The zero-order valence-corrected chi connectivity index (χ0v) is 13.0. The molecule has 0 aromatic carbocycles. The molecule has 2 fully saturated rings. The summed E-state index contributed by atoms with van der Waals surface area (Å²) in [5.74, 6) is 0.766. The first-order valence-corrected chi connectivity index (χ1v) is 7.44. The number of hydrogen-bond acceptors (Lipinski definition) is 3. The van der Waals surface area contributed by atoms with E-state index >= 15 is 0 Å². The summed E-state index contributed by atoms with van der Waals surface area (Å²) >= 11 is 0. The summed E-state index contributed by atoms with van der Waals surface area (Å²) in [5, 5.41) is 6.51. The zero-order chi connectivity index (χ0) is 14.7. The minimum atomic E-state index is 0.0485. The molecule has 1 saturated carbocycles. The Bertz CT molecular complexity index is 378. The van der Waals surface area contributed by atoms with Gasteiger partial charge in [0.2, 0.25) is 5.91 Å². The molecular formula is C14H27N5O. The number of amides is 1. The Morgan fingerprint density at radius 2 is 2.10 bits per heavy atom. The molecule has 20 heavy (non-hydrogen) atoms. The molecule has 0 aromatic heterocycles. The van der Waals surface area contributed by atoms with Gasteiger partial charge in [0, 0.05) is 45.8 Å². The maximum atomic E-state index is 11.6. The number of carbonyl (C=O) groups is 1. The molecule has 2 aliphatic rings. The van der Waals surface area contributed by atoms with Gasteiger partial charge in [0.25, 0.3) is 0 Å². The third-order valence-electron chi connectivity index (χ3n) is 4.11. The molecule has 0 radical (unpaired) electrons. The van der Waals surface area contributed by atoms with Gasteiger partial charge >= 0.3 is 0 Å². The number of nitrogens with zero attached hydrogens (tertiary/aromatic N) is 3. The molecule has 114 valence electrons. The van der Waals surface area contributed by atoms with Crippen LogP contribution >= 0.6 is 0 Å². The Hall–Kier alpha value is -1.30. The van der Waals surface area contributed by atoms with Gasteiger partial charge in [-0.25, -0.2) is 0 Å². The predicted molar refractivity (Wildman–Crippen MR) is 80.8 cm³/mol. The van der Waals surface area contributed by atoms with E-state index in [9.17, 15) is 4.79 Å². The molecule has 1 aliphatic carbocycles. The van der Waals surface area contributed by atoms with Crippen LogP contribution in [0.1, 0.15) is 26.2 Å². The van der Waals surface area contributed by atoms with Gasteiger partial charge in [0.1, 0.15) is 0 Å². The third-order valence-corrected chi connectivity index (χ3v) is 4.11. The van der Waals surface area contributed by atoms with E-state index in [1.54, 1.807) is 26.0 Å². The molecule has 2 rings (SSSR count). The van der Waals surface area contributed by atoms with Crippen LogP contribution < -0.4 is 10.6 Å². The van der Waals surface area contributed by atoms with E-state index < -0.39 is 0 Å². The zero-order valence-electron chi connectivity index (χ0n) is 13.0. The largest absolute Gasteiger partial charge is 0.352 e. The Labute approximate surface area is 121 Å². The predicted octanol–water partition coefficient (Wildman–Crippen LogP) is -0.135. The summed E-state index contributed by atoms with van der Waals surface area (Å²) < 4.78 is 0. The third kappa shape index (κ3) is 3.85. The van der Waals surface area contributed by atoms with E-state index in [0.29, 0.717) is 12.1 Å². The van der Waals surface area contributed by atoms with Crippen molar-refractivity contribution < 1.29 is 4.79 Å². The highest BCUT2D eigenvalue weighted by Crippen LogP contribution is 2.33. The average Bonchev–Trinajstić information content (AvgIpc) is 3.18. The summed E-state index contributed by atoms with van der Waals surface area (Å²) in [4.78, 5) is 19.9. The molecular weight excluding hydrogens is 254 g/mol. The maximum absolute atomic E-state index is 11.6. The molecule has 1 saturated heterocycles. The van der Waals surface area contributed by atoms with Crippen LogP contribution in [-0.4, -0.2) is 74.0 Å². The lowest BCUT2D eigenvalue weighted by Crippen LogP contribution is -2.47. The number of rotatable bonds is 4. The van der Waals surface area contributed by atoms with Crippen LogP contribution in [0.2, 0.25) is 0 Å². The number of likely N-dealkylation sites (tertiary alicyclic amines) is 1. The smallest absolute Gasteiger partial charge is 0.241 e. The van der Waals surface area contributed by atoms with E-state index in [4.69, 9.17) is 0 Å². The molecule has 1 aliphatic heterocycles. The molecule has 0 aromatic rings. The van der Waals surface area contributed by atoms with Crippen molar-refractivity contribution in [3.63, 3.8) is 0 Å². The van der Waals surface area contributed by atoms with E-state index in [0.717, 1.165) is 25.0 Å². The number of aliphatic imine (C=N–C) groups is 1. The molecule has 2 unspecified atom stereocenters. The van der Waals surface area contributed by atoms with Crippen LogP contribution in [0.5, 0.6) is 0 Å². The second kappa shape index (κ2) is 6.43. The molecule has 1 amide bonds. The first-order chi connectivity index (χ1) is 9.51. The van der Waals surface area contributed by atoms with Crippen molar-refractivity contribution in [2.75, 3.05) is 34.2 Å². The van der Waals surface area contributed by atoms with Crippen LogP contribution in [0.4, 0.5) is 0 Å². The van der Waals surface area contributed by atoms with Crippen LogP contribution in [-0.2, 0) is 4.79 Å². The van der Waals surface area contributed by atoms with Crippen molar-refractivity contribution >= 4 is 11.9 Å². The molecule has 6 heteroatoms. The van der Waals surface area contributed by atoms with Crippen molar-refractivity contribution in [2.24, 2.45) is 4.99 Å². The lowest BCUT2D eigenvalue weighted by molar-refractivity contribution is -0.127. The van der Waals surface area contributed by atoms with Crippen molar-refractivity contribution in [1.29, 1.82) is 0 Å². The van der Waals surface area contributed by atoms with E-state index in [-0.39, 0.29) is 12.5 Å². The topological polar surface area (TPSA) is 60.0 Å². The van der Waals surface area contributed by atoms with Crippen LogP contribution in [0.3, 0.4) is 0 Å². The fraction of sp³-hybridized carbons (Fsp3) is 0.857. The Morgan fingerprint density at radius 3 is 2.65 bits per heavy atom. The summed E-state index contributed by atoms with van der Waals surface area (Å²) in [6, 6.07) is 1.87. The quantitative estimate of drug-likeness (QED) is 0.556. The molecule has 2 N–H and O–H groups in total. The lowest BCUT2D eigenvalue weighted by atomic mass is 10.2. The van der Waals surface area contributed by atoms with Crippen LogP contribution in [0, 0.1) is 0 Å². The average molecular weight is 281 g/mol. The fourth-order valence-electron chi connectivity index (χ4n) is 2.78.